The number of rotatable bonds is 4. The second-order valence-corrected chi connectivity index (χ2v) is 9.37. The van der Waals surface area contributed by atoms with E-state index in [1.807, 2.05) is 42.5 Å². The van der Waals surface area contributed by atoms with Gasteiger partial charge in [0.1, 0.15) is 17.5 Å². The van der Waals surface area contributed by atoms with Crippen LogP contribution in [-0.2, 0) is 4.79 Å². The number of hydrogen-bond acceptors (Lipinski definition) is 6. The molecule has 0 spiro atoms. The third-order valence-electron chi connectivity index (χ3n) is 7.18. The Hall–Kier alpha value is -4.33. The van der Waals surface area contributed by atoms with Gasteiger partial charge >= 0.3 is 0 Å². The van der Waals surface area contributed by atoms with E-state index in [1.165, 1.54) is 0 Å². The van der Waals surface area contributed by atoms with E-state index in [1.54, 1.807) is 17.9 Å². The van der Waals surface area contributed by atoms with Crippen LogP contribution in [0.15, 0.2) is 67.0 Å². The highest BCUT2D eigenvalue weighted by Gasteiger charge is 2.29. The van der Waals surface area contributed by atoms with Gasteiger partial charge in [0, 0.05) is 35.4 Å². The molecule has 180 valence electrons. The maximum atomic E-state index is 12.0. The fourth-order valence-corrected chi connectivity index (χ4v) is 5.20. The zero-order valence-corrected chi connectivity index (χ0v) is 20.1. The molecule has 1 saturated carbocycles. The van der Waals surface area contributed by atoms with Crippen molar-refractivity contribution in [1.82, 2.24) is 29.9 Å². The molecule has 3 N–H and O–H groups in total. The van der Waals surface area contributed by atoms with Gasteiger partial charge in [-0.2, -0.15) is 5.10 Å². The van der Waals surface area contributed by atoms with Crippen LogP contribution in [0.5, 0.6) is 0 Å². The van der Waals surface area contributed by atoms with E-state index in [0.29, 0.717) is 17.2 Å². The van der Waals surface area contributed by atoms with Crippen LogP contribution < -0.4 is 11.1 Å². The lowest BCUT2D eigenvalue weighted by Gasteiger charge is -2.26. The Morgan fingerprint density at radius 2 is 1.75 bits per heavy atom. The predicted molar refractivity (Wildman–Crippen MR) is 140 cm³/mol. The molecule has 0 aliphatic heterocycles. The third-order valence-corrected chi connectivity index (χ3v) is 7.18. The normalized spacial score (nSPS) is 17.9. The number of pyridine rings is 1. The number of carbonyl (C=O) groups excluding carboxylic acids is 1. The van der Waals surface area contributed by atoms with Crippen molar-refractivity contribution < 1.29 is 4.79 Å². The summed E-state index contributed by atoms with van der Waals surface area (Å²) < 4.78 is 1.73. The molecule has 2 aromatic carbocycles. The number of aromatic nitrogens is 5. The Morgan fingerprint density at radius 1 is 0.972 bits per heavy atom. The molecular formula is C28H27N7O. The summed E-state index contributed by atoms with van der Waals surface area (Å²) in [4.78, 5) is 26.2. The number of benzene rings is 2. The van der Waals surface area contributed by atoms with E-state index >= 15 is 0 Å². The average Bonchev–Trinajstić information content (AvgIpc) is 3.37. The molecule has 8 nitrogen and oxygen atoms in total. The first-order valence-electron chi connectivity index (χ1n) is 12.3. The van der Waals surface area contributed by atoms with Crippen molar-refractivity contribution in [2.24, 2.45) is 5.92 Å². The van der Waals surface area contributed by atoms with Gasteiger partial charge in [-0.15, -0.1) is 0 Å². The summed E-state index contributed by atoms with van der Waals surface area (Å²) in [5.41, 5.74) is 11.7. The predicted octanol–water partition coefficient (Wildman–Crippen LogP) is 4.61. The molecule has 0 unspecified atom stereocenters. The van der Waals surface area contributed by atoms with Crippen LogP contribution in [0.3, 0.4) is 0 Å². The maximum Gasteiger partial charge on any atom is 0.222 e. The molecule has 0 bridgehead atoms. The Kier molecular flexibility index (Phi) is 5.56. The number of nitrogens with zero attached hydrogens (tertiary/aromatic N) is 5. The van der Waals surface area contributed by atoms with Crippen molar-refractivity contribution in [3.8, 4) is 22.5 Å². The summed E-state index contributed by atoms with van der Waals surface area (Å²) in [6, 6.07) is 20.4. The molecule has 0 saturated heterocycles. The molecule has 1 aliphatic carbocycles. The number of imidazole rings is 1. The second kappa shape index (κ2) is 9.03. The minimum absolute atomic E-state index is 0.0658. The Balaban J connectivity index is 1.33. The van der Waals surface area contributed by atoms with E-state index in [0.717, 1.165) is 59.1 Å². The zero-order chi connectivity index (χ0) is 24.6. The highest BCUT2D eigenvalue weighted by Crippen LogP contribution is 2.36. The molecule has 8 heteroatoms. The van der Waals surface area contributed by atoms with Crippen LogP contribution in [0.4, 0.5) is 5.82 Å². The van der Waals surface area contributed by atoms with Gasteiger partial charge in [0.2, 0.25) is 5.91 Å². The van der Waals surface area contributed by atoms with Crippen LogP contribution in [0.2, 0.25) is 0 Å². The summed E-state index contributed by atoms with van der Waals surface area (Å²) >= 11 is 0. The van der Waals surface area contributed by atoms with Crippen molar-refractivity contribution in [1.29, 1.82) is 0 Å². The molecular weight excluding hydrogens is 450 g/mol. The number of nitrogen functional groups attached to an aromatic ring is 1. The monoisotopic (exact) mass is 477 g/mol. The van der Waals surface area contributed by atoms with Gasteiger partial charge in [0.25, 0.3) is 0 Å². The van der Waals surface area contributed by atoms with Crippen LogP contribution in [0.25, 0.3) is 38.9 Å². The van der Waals surface area contributed by atoms with Gasteiger partial charge in [0.05, 0.1) is 11.2 Å². The van der Waals surface area contributed by atoms with Crippen molar-refractivity contribution >= 4 is 28.1 Å². The quantitative estimate of drug-likeness (QED) is 0.391. The van der Waals surface area contributed by atoms with E-state index < -0.39 is 0 Å². The highest BCUT2D eigenvalue weighted by atomic mass is 16.1. The van der Waals surface area contributed by atoms with Gasteiger partial charge in [-0.1, -0.05) is 48.5 Å². The van der Waals surface area contributed by atoms with Gasteiger partial charge in [-0.25, -0.2) is 19.5 Å². The van der Waals surface area contributed by atoms with Crippen LogP contribution in [0.1, 0.15) is 37.4 Å². The van der Waals surface area contributed by atoms with Gasteiger partial charge in [0.15, 0.2) is 11.6 Å². The molecule has 36 heavy (non-hydrogen) atoms. The summed E-state index contributed by atoms with van der Waals surface area (Å²) in [6.07, 6.45) is 5.08. The molecule has 1 aliphatic rings. The summed E-state index contributed by atoms with van der Waals surface area (Å²) in [6.45, 7) is 0. The first kappa shape index (κ1) is 22.2. The summed E-state index contributed by atoms with van der Waals surface area (Å²) in [5, 5.41) is 8.57. The molecule has 0 radical (unpaired) electrons. The first-order chi connectivity index (χ1) is 17.6. The number of anilines is 1. The molecule has 0 atom stereocenters. The largest absolute Gasteiger partial charge is 0.382 e. The number of carbonyl (C=O) groups is 1. The molecule has 6 rings (SSSR count). The molecule has 3 heterocycles. The number of amides is 1. The number of nitrogens with one attached hydrogen (secondary N) is 1. The summed E-state index contributed by atoms with van der Waals surface area (Å²) in [7, 11) is 1.69. The fourth-order valence-electron chi connectivity index (χ4n) is 5.20. The SMILES string of the molecule is CNC(=O)C1CCC(c2nc(N)c3c(-c4ccc5ccc(-c6ccccc6)nc5c4)ncn3n2)CC1. The van der Waals surface area contributed by atoms with E-state index in [-0.39, 0.29) is 17.7 Å². The topological polar surface area (TPSA) is 111 Å². The van der Waals surface area contributed by atoms with E-state index in [4.69, 9.17) is 15.8 Å². The molecule has 5 aromatic rings. The van der Waals surface area contributed by atoms with Gasteiger partial charge < -0.3 is 11.1 Å². The Morgan fingerprint density at radius 3 is 2.53 bits per heavy atom. The summed E-state index contributed by atoms with van der Waals surface area (Å²) in [5.74, 6) is 1.49. The van der Waals surface area contributed by atoms with Crippen LogP contribution >= 0.6 is 0 Å². The second-order valence-electron chi connectivity index (χ2n) is 9.37. The van der Waals surface area contributed by atoms with Crippen molar-refractivity contribution in [3.05, 3.63) is 72.8 Å². The minimum Gasteiger partial charge on any atom is -0.382 e. The molecule has 3 aromatic heterocycles. The Labute approximate surface area is 208 Å². The number of hydrogen-bond donors (Lipinski definition) is 2. The highest BCUT2D eigenvalue weighted by molar-refractivity contribution is 5.91. The van der Waals surface area contributed by atoms with Gasteiger partial charge in [-0.05, 0) is 37.8 Å². The smallest absolute Gasteiger partial charge is 0.222 e. The number of fused-ring (bicyclic) bond motifs is 2. The van der Waals surface area contributed by atoms with E-state index in [2.05, 4.69) is 33.5 Å². The molecule has 1 amide bonds. The lowest BCUT2D eigenvalue weighted by Crippen LogP contribution is -2.30. The standard InChI is InChI=1S/C28H27N7O/c1-30-28(36)20-10-8-19(9-11-20)27-33-26(29)25-24(31-16-35(25)34-27)21-12-7-18-13-14-22(32-23(18)15-21)17-5-3-2-4-6-17/h2-7,12-16,19-20H,8-11H2,1H3,(H,30,36)(H2,29,33,34). The van der Waals surface area contributed by atoms with Crippen LogP contribution in [-0.4, -0.2) is 37.5 Å². The average molecular weight is 478 g/mol. The first-order valence-corrected chi connectivity index (χ1v) is 12.3. The lowest BCUT2D eigenvalue weighted by atomic mass is 9.81. The zero-order valence-electron chi connectivity index (χ0n) is 20.1. The van der Waals surface area contributed by atoms with Crippen molar-refractivity contribution in [2.45, 2.75) is 31.6 Å². The third kappa shape index (κ3) is 3.94. The van der Waals surface area contributed by atoms with E-state index in [9.17, 15) is 4.79 Å². The maximum absolute atomic E-state index is 12.0. The Bertz CT molecular complexity index is 1570. The fraction of sp³-hybridized carbons (Fsp3) is 0.250. The van der Waals surface area contributed by atoms with Crippen molar-refractivity contribution in [2.75, 3.05) is 12.8 Å². The van der Waals surface area contributed by atoms with Crippen molar-refractivity contribution in [3.63, 3.8) is 0 Å². The van der Waals surface area contributed by atoms with Gasteiger partial charge in [-0.3, -0.25) is 4.79 Å². The number of nitrogens with two attached hydrogens (primary N) is 1. The minimum atomic E-state index is 0.0658. The van der Waals surface area contributed by atoms with Crippen LogP contribution in [0, 0.1) is 5.92 Å². The lowest BCUT2D eigenvalue weighted by molar-refractivity contribution is -0.125. The molecule has 1 fully saturated rings.